The summed E-state index contributed by atoms with van der Waals surface area (Å²) in [7, 11) is 0. The number of benzene rings is 1. The first-order valence-corrected chi connectivity index (χ1v) is 10.1. The van der Waals surface area contributed by atoms with Crippen LogP contribution in [0.4, 0.5) is 0 Å². The summed E-state index contributed by atoms with van der Waals surface area (Å²) in [5.74, 6) is 3.33. The molecule has 0 aromatic heterocycles. The van der Waals surface area contributed by atoms with E-state index in [9.17, 15) is 4.79 Å². The summed E-state index contributed by atoms with van der Waals surface area (Å²) in [6, 6.07) is 8.00. The maximum atomic E-state index is 11.2. The van der Waals surface area contributed by atoms with Gasteiger partial charge in [-0.2, -0.15) is 0 Å². The van der Waals surface area contributed by atoms with Gasteiger partial charge in [-0.15, -0.1) is 0 Å². The van der Waals surface area contributed by atoms with Crippen LogP contribution in [0.1, 0.15) is 93.0 Å². The molecular weight excluding hydrogens is 294 g/mol. The van der Waals surface area contributed by atoms with Crippen LogP contribution in [0.2, 0.25) is 0 Å². The summed E-state index contributed by atoms with van der Waals surface area (Å²) in [6.07, 6.45) is 14.1. The Balaban J connectivity index is 1.48. The highest BCUT2D eigenvalue weighted by Gasteiger charge is 2.31. The van der Waals surface area contributed by atoms with E-state index >= 15 is 0 Å². The van der Waals surface area contributed by atoms with Crippen LogP contribution < -0.4 is 5.73 Å². The molecule has 0 heterocycles. The molecule has 2 saturated carbocycles. The smallest absolute Gasteiger partial charge is 0.248 e. The van der Waals surface area contributed by atoms with Crippen LogP contribution in [0, 0.1) is 17.8 Å². The van der Waals surface area contributed by atoms with Crippen molar-refractivity contribution in [3.63, 3.8) is 0 Å². The molecule has 3 rings (SSSR count). The molecule has 2 aliphatic carbocycles. The average Bonchev–Trinajstić information content (AvgIpc) is 2.63. The van der Waals surface area contributed by atoms with Gasteiger partial charge in [-0.05, 0) is 79.9 Å². The van der Waals surface area contributed by atoms with Crippen molar-refractivity contribution in [3.8, 4) is 0 Å². The van der Waals surface area contributed by atoms with Crippen LogP contribution >= 0.6 is 0 Å². The molecule has 2 nitrogen and oxygen atoms in total. The van der Waals surface area contributed by atoms with Crippen LogP contribution in [-0.2, 0) is 0 Å². The van der Waals surface area contributed by atoms with E-state index < -0.39 is 0 Å². The number of hydrogen-bond acceptors (Lipinski definition) is 1. The fourth-order valence-electron chi connectivity index (χ4n) is 5.20. The molecule has 24 heavy (non-hydrogen) atoms. The summed E-state index contributed by atoms with van der Waals surface area (Å²) >= 11 is 0. The van der Waals surface area contributed by atoms with Crippen LogP contribution in [0.5, 0.6) is 0 Å². The molecule has 0 spiro atoms. The van der Waals surface area contributed by atoms with Gasteiger partial charge in [-0.1, -0.05) is 44.7 Å². The lowest BCUT2D eigenvalue weighted by Gasteiger charge is -2.38. The first-order chi connectivity index (χ1) is 11.7. The Kier molecular flexibility index (Phi) is 5.97. The summed E-state index contributed by atoms with van der Waals surface area (Å²) in [6.45, 7) is 2.32. The van der Waals surface area contributed by atoms with Gasteiger partial charge in [-0.3, -0.25) is 4.79 Å². The van der Waals surface area contributed by atoms with Gasteiger partial charge in [0.1, 0.15) is 0 Å². The predicted molar refractivity (Wildman–Crippen MR) is 100 cm³/mol. The summed E-state index contributed by atoms with van der Waals surface area (Å²) in [4.78, 5) is 11.2. The monoisotopic (exact) mass is 327 g/mol. The number of rotatable bonds is 5. The number of primary amides is 1. The first kappa shape index (κ1) is 17.5. The Morgan fingerprint density at radius 3 is 1.96 bits per heavy atom. The zero-order valence-corrected chi connectivity index (χ0v) is 15.2. The third-order valence-electron chi connectivity index (χ3n) is 6.69. The van der Waals surface area contributed by atoms with Crippen LogP contribution in [0.25, 0.3) is 0 Å². The molecule has 0 unspecified atom stereocenters. The molecule has 2 heteroatoms. The first-order valence-electron chi connectivity index (χ1n) is 10.1. The molecule has 0 bridgehead atoms. The molecule has 2 aliphatic rings. The minimum absolute atomic E-state index is 0.330. The van der Waals surface area contributed by atoms with Gasteiger partial charge in [0.2, 0.25) is 5.91 Å². The Morgan fingerprint density at radius 2 is 1.46 bits per heavy atom. The van der Waals surface area contributed by atoms with E-state index in [-0.39, 0.29) is 5.91 Å². The quantitative estimate of drug-likeness (QED) is 0.744. The lowest BCUT2D eigenvalue weighted by Crippen LogP contribution is -2.25. The van der Waals surface area contributed by atoms with Crippen LogP contribution in [0.15, 0.2) is 24.3 Å². The Morgan fingerprint density at radius 1 is 0.917 bits per heavy atom. The molecule has 1 amide bonds. The molecule has 0 atom stereocenters. The van der Waals surface area contributed by atoms with Crippen molar-refractivity contribution in [1.29, 1.82) is 0 Å². The van der Waals surface area contributed by atoms with Crippen molar-refractivity contribution in [2.75, 3.05) is 0 Å². The molecule has 1 aromatic rings. The Bertz CT molecular complexity index is 519. The largest absolute Gasteiger partial charge is 0.366 e. The lowest BCUT2D eigenvalue weighted by atomic mass is 9.68. The molecule has 0 radical (unpaired) electrons. The number of carbonyl (C=O) groups is 1. The van der Waals surface area contributed by atoms with E-state index in [0.29, 0.717) is 11.5 Å². The van der Waals surface area contributed by atoms with E-state index in [1.54, 1.807) is 0 Å². The second kappa shape index (κ2) is 8.18. The van der Waals surface area contributed by atoms with Crippen molar-refractivity contribution in [2.45, 2.75) is 77.0 Å². The summed E-state index contributed by atoms with van der Waals surface area (Å²) in [5, 5.41) is 0. The van der Waals surface area contributed by atoms with Crippen molar-refractivity contribution in [3.05, 3.63) is 35.4 Å². The zero-order valence-electron chi connectivity index (χ0n) is 15.2. The van der Waals surface area contributed by atoms with Gasteiger partial charge in [0.15, 0.2) is 0 Å². The van der Waals surface area contributed by atoms with E-state index in [1.807, 2.05) is 12.1 Å². The SMILES string of the molecule is CCCC1CCC(C2CCC(c3ccc(C(N)=O)cc3)CC2)CC1. The third-order valence-corrected chi connectivity index (χ3v) is 6.69. The fourth-order valence-corrected chi connectivity index (χ4v) is 5.20. The summed E-state index contributed by atoms with van der Waals surface area (Å²) in [5.41, 5.74) is 7.35. The maximum Gasteiger partial charge on any atom is 0.248 e. The minimum Gasteiger partial charge on any atom is -0.366 e. The maximum absolute atomic E-state index is 11.2. The van der Waals surface area contributed by atoms with Gasteiger partial charge < -0.3 is 5.73 Å². The highest BCUT2D eigenvalue weighted by molar-refractivity contribution is 5.92. The molecule has 0 aliphatic heterocycles. The number of carbonyl (C=O) groups excluding carboxylic acids is 1. The fraction of sp³-hybridized carbons (Fsp3) is 0.682. The molecule has 1 aromatic carbocycles. The predicted octanol–water partition coefficient (Wildman–Crippen LogP) is 5.67. The van der Waals surface area contributed by atoms with Crippen molar-refractivity contribution in [1.82, 2.24) is 0 Å². The van der Waals surface area contributed by atoms with Gasteiger partial charge in [-0.25, -0.2) is 0 Å². The second-order valence-electron chi connectivity index (χ2n) is 8.17. The van der Waals surface area contributed by atoms with Gasteiger partial charge >= 0.3 is 0 Å². The van der Waals surface area contributed by atoms with Crippen LogP contribution in [0.3, 0.4) is 0 Å². The number of nitrogens with two attached hydrogens (primary N) is 1. The van der Waals surface area contributed by atoms with Gasteiger partial charge in [0.25, 0.3) is 0 Å². The standard InChI is InChI=1S/C22H33NO/c1-2-3-16-4-6-17(7-5-16)18-8-10-19(11-9-18)20-12-14-21(15-13-20)22(23)24/h12-19H,2-11H2,1H3,(H2,23,24). The highest BCUT2D eigenvalue weighted by atomic mass is 16.1. The van der Waals surface area contributed by atoms with Gasteiger partial charge in [0.05, 0.1) is 0 Å². The zero-order chi connectivity index (χ0) is 16.9. The van der Waals surface area contributed by atoms with E-state index in [1.165, 1.54) is 69.8 Å². The third kappa shape index (κ3) is 4.20. The molecule has 0 saturated heterocycles. The lowest BCUT2D eigenvalue weighted by molar-refractivity contribution is 0.100. The Hall–Kier alpha value is -1.31. The molecule has 2 fully saturated rings. The van der Waals surface area contributed by atoms with Gasteiger partial charge in [0, 0.05) is 5.56 Å². The number of amides is 1. The van der Waals surface area contributed by atoms with Crippen LogP contribution in [-0.4, -0.2) is 5.91 Å². The van der Waals surface area contributed by atoms with Crippen molar-refractivity contribution >= 4 is 5.91 Å². The number of hydrogen-bond donors (Lipinski definition) is 1. The Labute approximate surface area is 147 Å². The van der Waals surface area contributed by atoms with E-state index in [0.717, 1.165) is 17.8 Å². The highest BCUT2D eigenvalue weighted by Crippen LogP contribution is 2.44. The molecular formula is C22H33NO. The topological polar surface area (TPSA) is 43.1 Å². The molecule has 2 N–H and O–H groups in total. The normalized spacial score (nSPS) is 30.9. The van der Waals surface area contributed by atoms with E-state index in [4.69, 9.17) is 5.73 Å². The average molecular weight is 328 g/mol. The van der Waals surface area contributed by atoms with E-state index in [2.05, 4.69) is 19.1 Å². The molecule has 132 valence electrons. The van der Waals surface area contributed by atoms with Crippen molar-refractivity contribution < 1.29 is 4.79 Å². The van der Waals surface area contributed by atoms with Crippen molar-refractivity contribution in [2.24, 2.45) is 23.5 Å². The second-order valence-corrected chi connectivity index (χ2v) is 8.17. The minimum atomic E-state index is -0.330. The summed E-state index contributed by atoms with van der Waals surface area (Å²) < 4.78 is 0.